The van der Waals surface area contributed by atoms with Crippen molar-refractivity contribution in [3.05, 3.63) is 0 Å². The van der Waals surface area contributed by atoms with Crippen molar-refractivity contribution in [1.82, 2.24) is 31.9 Å². The van der Waals surface area contributed by atoms with Crippen LogP contribution in [0.2, 0.25) is 0 Å². The van der Waals surface area contributed by atoms with Crippen LogP contribution in [0.25, 0.3) is 0 Å². The van der Waals surface area contributed by atoms with Crippen LogP contribution in [0.1, 0.15) is 216 Å². The molecule has 14 heteroatoms. The molecule has 0 radical (unpaired) electrons. The van der Waals surface area contributed by atoms with Crippen LogP contribution in [-0.4, -0.2) is 85.8 Å². The van der Waals surface area contributed by atoms with Gasteiger partial charge in [-0.2, -0.15) is 0 Å². The number of Topliss-reactive ketones (excluding diaryl/α,β-unsaturated/α-hetero) is 1. The number of hydrogen-bond donors (Lipinski definition) is 6. The van der Waals surface area contributed by atoms with Crippen LogP contribution in [0.4, 0.5) is 4.79 Å². The lowest BCUT2D eigenvalue weighted by atomic mass is 9.53. The Morgan fingerprint density at radius 1 is 0.492 bits per heavy atom. The molecule has 0 spiro atoms. The van der Waals surface area contributed by atoms with Crippen LogP contribution in [0.3, 0.4) is 0 Å². The van der Waals surface area contributed by atoms with Crippen LogP contribution >= 0.6 is 0 Å². The van der Waals surface area contributed by atoms with Gasteiger partial charge in [-0.3, -0.25) is 28.8 Å². The summed E-state index contributed by atoms with van der Waals surface area (Å²) in [7, 11) is 0. The van der Waals surface area contributed by atoms with Crippen molar-refractivity contribution >= 4 is 41.4 Å². The van der Waals surface area contributed by atoms with Gasteiger partial charge >= 0.3 is 6.09 Å². The molecule has 0 saturated heterocycles. The molecule has 2 aliphatic rings. The molecule has 0 aromatic carbocycles. The van der Waals surface area contributed by atoms with Crippen molar-refractivity contribution in [2.45, 2.75) is 228 Å². The van der Waals surface area contributed by atoms with Crippen LogP contribution in [0.5, 0.6) is 0 Å². The molecular weight excluding hydrogens is 825 g/mol. The van der Waals surface area contributed by atoms with Gasteiger partial charge in [-0.15, -0.1) is 0 Å². The lowest BCUT2D eigenvalue weighted by molar-refractivity contribution is -0.155. The molecule has 14 nitrogen and oxygen atoms in total. The lowest BCUT2D eigenvalue weighted by Crippen LogP contribution is -2.59. The highest BCUT2D eigenvalue weighted by Gasteiger charge is 2.57. The average Bonchev–Trinajstić information content (AvgIpc) is 3.21. The Balaban J connectivity index is 2.38. The predicted octanol–water partition coefficient (Wildman–Crippen LogP) is 8.48. The Labute approximate surface area is 393 Å². The predicted molar refractivity (Wildman–Crippen MR) is 258 cm³/mol. The first-order chi connectivity index (χ1) is 30.7. The Morgan fingerprint density at radius 3 is 1.25 bits per heavy atom. The van der Waals surface area contributed by atoms with E-state index in [1.807, 2.05) is 0 Å². The minimum absolute atomic E-state index is 0.0518. The second-order valence-corrected chi connectivity index (χ2v) is 21.3. The van der Waals surface area contributed by atoms with E-state index in [-0.39, 0.29) is 86.7 Å². The summed E-state index contributed by atoms with van der Waals surface area (Å²) < 4.78 is 5.32. The lowest BCUT2D eigenvalue weighted by Gasteiger charge is -2.50. The first kappa shape index (κ1) is 57.4. The smallest absolute Gasteiger partial charge is 0.407 e. The molecule has 4 unspecified atom stereocenters. The van der Waals surface area contributed by atoms with Crippen LogP contribution in [0.15, 0.2) is 0 Å². The summed E-state index contributed by atoms with van der Waals surface area (Å²) in [6.07, 6.45) is 23.7. The molecule has 0 aromatic rings. The SMILES string of the molecule is CC(=O)NCCCCC(NC(=O)C1(C)CC(C)(C(=O)NCCNC(C)=O)CC(C)(C(=O)NCCNC(=O)OC(C)(C)C)C1)C(=O)C1CCCCCCCCCCCCCCCCCCC1. The summed E-state index contributed by atoms with van der Waals surface area (Å²) in [6, 6.07) is -0.758. The van der Waals surface area contributed by atoms with Crippen LogP contribution in [-0.2, 0) is 33.5 Å². The van der Waals surface area contributed by atoms with E-state index < -0.39 is 34.0 Å². The highest BCUT2D eigenvalue weighted by atomic mass is 16.6. The first-order valence-electron chi connectivity index (χ1n) is 25.6. The Morgan fingerprint density at radius 2 is 0.846 bits per heavy atom. The number of unbranched alkanes of at least 4 members (excludes halogenated alkanes) is 1. The second-order valence-electron chi connectivity index (χ2n) is 21.3. The molecule has 6 N–H and O–H groups in total. The van der Waals surface area contributed by atoms with Gasteiger partial charge in [0.2, 0.25) is 29.5 Å². The maximum atomic E-state index is 14.9. The molecule has 0 aromatic heterocycles. The highest BCUT2D eigenvalue weighted by Crippen LogP contribution is 2.55. The van der Waals surface area contributed by atoms with Crippen molar-refractivity contribution in [2.75, 3.05) is 32.7 Å². The van der Waals surface area contributed by atoms with Gasteiger partial charge in [-0.25, -0.2) is 4.79 Å². The highest BCUT2D eigenvalue weighted by molar-refractivity contribution is 5.94. The van der Waals surface area contributed by atoms with E-state index in [1.54, 1.807) is 41.5 Å². The third kappa shape index (κ3) is 23.5. The third-order valence-electron chi connectivity index (χ3n) is 13.3. The maximum Gasteiger partial charge on any atom is 0.407 e. The first-order valence-corrected chi connectivity index (χ1v) is 25.6. The maximum absolute atomic E-state index is 14.9. The van der Waals surface area contributed by atoms with Gasteiger partial charge in [0.15, 0.2) is 5.78 Å². The molecule has 2 fully saturated rings. The van der Waals surface area contributed by atoms with Crippen molar-refractivity contribution < 1.29 is 38.3 Å². The van der Waals surface area contributed by atoms with E-state index in [2.05, 4.69) is 31.9 Å². The summed E-state index contributed by atoms with van der Waals surface area (Å²) in [6.45, 7) is 14.6. The van der Waals surface area contributed by atoms with Crippen LogP contribution < -0.4 is 31.9 Å². The van der Waals surface area contributed by atoms with E-state index in [0.29, 0.717) is 25.8 Å². The number of hydrogen-bond acceptors (Lipinski definition) is 8. The molecule has 2 rings (SSSR count). The number of carbonyl (C=O) groups is 7. The number of alkyl carbamates (subject to hydrolysis) is 1. The molecule has 4 atom stereocenters. The van der Waals surface area contributed by atoms with E-state index in [4.69, 9.17) is 4.74 Å². The molecule has 6 amide bonds. The topological polar surface area (TPSA) is 201 Å². The van der Waals surface area contributed by atoms with E-state index in [1.165, 1.54) is 84.5 Å². The minimum Gasteiger partial charge on any atom is -0.444 e. The number of ether oxygens (including phenoxy) is 1. The number of ketones is 1. The average molecular weight is 917 g/mol. The fraction of sp³-hybridized carbons (Fsp3) is 0.863. The van der Waals surface area contributed by atoms with Crippen molar-refractivity contribution in [1.29, 1.82) is 0 Å². The summed E-state index contributed by atoms with van der Waals surface area (Å²) >= 11 is 0. The molecular formula is C51H92N6O8. The zero-order chi connectivity index (χ0) is 48.4. The normalized spacial score (nSPS) is 24.2. The Hall–Kier alpha value is -3.71. The molecule has 0 heterocycles. The zero-order valence-corrected chi connectivity index (χ0v) is 42.1. The fourth-order valence-electron chi connectivity index (χ4n) is 10.3. The molecule has 0 bridgehead atoms. The van der Waals surface area contributed by atoms with Gasteiger partial charge in [0, 0.05) is 68.7 Å². The van der Waals surface area contributed by atoms with Gasteiger partial charge in [0.1, 0.15) is 5.60 Å². The summed E-state index contributed by atoms with van der Waals surface area (Å²) in [4.78, 5) is 93.5. The van der Waals surface area contributed by atoms with Gasteiger partial charge < -0.3 is 36.6 Å². The number of nitrogens with one attached hydrogen (secondary N) is 6. The fourth-order valence-corrected chi connectivity index (χ4v) is 10.3. The third-order valence-corrected chi connectivity index (χ3v) is 13.3. The van der Waals surface area contributed by atoms with Gasteiger partial charge in [-0.1, -0.05) is 130 Å². The summed E-state index contributed by atoms with van der Waals surface area (Å²) in [5, 5.41) is 17.3. The Bertz CT molecular complexity index is 1480. The molecule has 2 aliphatic carbocycles. The Kier molecular flexibility index (Phi) is 26.4. The minimum atomic E-state index is -1.23. The van der Waals surface area contributed by atoms with Gasteiger partial charge in [0.25, 0.3) is 0 Å². The largest absolute Gasteiger partial charge is 0.444 e. The van der Waals surface area contributed by atoms with Gasteiger partial charge in [-0.05, 0) is 72.1 Å². The molecule has 2 saturated carbocycles. The second kappa shape index (κ2) is 29.8. The van der Waals surface area contributed by atoms with Gasteiger partial charge in [0.05, 0.1) is 6.04 Å². The summed E-state index contributed by atoms with van der Waals surface area (Å²) in [5.41, 5.74) is -4.26. The van der Waals surface area contributed by atoms with Crippen molar-refractivity contribution in [2.24, 2.45) is 22.2 Å². The summed E-state index contributed by atoms with van der Waals surface area (Å²) in [5.74, 6) is -1.53. The van der Waals surface area contributed by atoms with E-state index in [9.17, 15) is 33.6 Å². The van der Waals surface area contributed by atoms with E-state index >= 15 is 0 Å². The number of rotatable bonds is 17. The molecule has 374 valence electrons. The van der Waals surface area contributed by atoms with Crippen LogP contribution in [0, 0.1) is 22.2 Å². The van der Waals surface area contributed by atoms with E-state index in [0.717, 1.165) is 51.4 Å². The standard InChI is InChI=1S/C51H92N6O8/c1-39(58)52-31-27-26-30-42(43(60)41-28-24-22-20-18-16-14-12-10-9-11-13-15-17-19-21-23-25-29-41)57-46(63)51(8)37-49(6,44(61)54-33-32-53-40(2)59)36-50(7,38-51)45(62)55-34-35-56-47(64)65-48(3,4)5/h41-42H,9-38H2,1-8H3,(H,52,58)(H,53,59)(H,54,61)(H,55,62)(H,56,64)(H,57,63). The monoisotopic (exact) mass is 917 g/mol. The van der Waals surface area contributed by atoms with Crippen molar-refractivity contribution in [3.63, 3.8) is 0 Å². The number of amides is 6. The zero-order valence-electron chi connectivity index (χ0n) is 42.1. The van der Waals surface area contributed by atoms with Crippen molar-refractivity contribution in [3.8, 4) is 0 Å². The molecule has 0 aliphatic heterocycles. The quantitative estimate of drug-likeness (QED) is 0.0780. The molecule has 65 heavy (non-hydrogen) atoms. The number of carbonyl (C=O) groups excluding carboxylic acids is 7.